The molecular formula is C25H24N6O9S2. The number of fused-ring (bicyclic) bond motifs is 2. The number of carbonyl (C=O) groups excluding carboxylic acids is 2. The molecule has 2 unspecified atom stereocenters. The minimum Gasteiger partial charge on any atom is -0.497 e. The first kappa shape index (κ1) is 29.2. The van der Waals surface area contributed by atoms with Crippen LogP contribution in [0.3, 0.4) is 0 Å². The number of nitrogens with one attached hydrogen (secondary N) is 2. The Balaban J connectivity index is 1.38. The average Bonchev–Trinajstić information content (AvgIpc) is 3.36. The van der Waals surface area contributed by atoms with Crippen LogP contribution in [0.2, 0.25) is 0 Å². The molecule has 5 N–H and O–H groups in total. The van der Waals surface area contributed by atoms with Crippen LogP contribution in [0.5, 0.6) is 5.75 Å². The van der Waals surface area contributed by atoms with Crippen molar-refractivity contribution >= 4 is 52.9 Å². The Labute approximate surface area is 244 Å². The molecule has 15 nitrogen and oxygen atoms in total. The van der Waals surface area contributed by atoms with E-state index in [4.69, 9.17) is 4.74 Å². The van der Waals surface area contributed by atoms with Gasteiger partial charge in [-0.3, -0.25) is 19.3 Å². The van der Waals surface area contributed by atoms with Crippen LogP contribution in [0.4, 0.5) is 0 Å². The second-order valence-electron chi connectivity index (χ2n) is 9.26. The first-order valence-electron chi connectivity index (χ1n) is 12.5. The average molecular weight is 617 g/mol. The summed E-state index contributed by atoms with van der Waals surface area (Å²) in [7, 11) is 1.44. The number of hydrogen-bond donors (Lipinski definition) is 5. The van der Waals surface area contributed by atoms with E-state index < -0.39 is 52.2 Å². The van der Waals surface area contributed by atoms with Gasteiger partial charge in [0.2, 0.25) is 0 Å². The van der Waals surface area contributed by atoms with Crippen LogP contribution in [0, 0.1) is 0 Å². The molecule has 42 heavy (non-hydrogen) atoms. The van der Waals surface area contributed by atoms with E-state index in [1.54, 1.807) is 18.2 Å². The van der Waals surface area contributed by atoms with E-state index in [1.165, 1.54) is 37.1 Å². The summed E-state index contributed by atoms with van der Waals surface area (Å²) >= 11 is 2.27. The van der Waals surface area contributed by atoms with Crippen LogP contribution in [-0.4, -0.2) is 93.3 Å². The summed E-state index contributed by atoms with van der Waals surface area (Å²) in [6, 6.07) is 8.28. The standard InChI is InChI=1S/C25H24N6O9S2/c1-40-12-4-2-3-11(9-12)20(34)21(35)26-18-22(36)30-19(24(37)38)13(10-41-23(18)30)14(5-8-17(32)33)42-16-7-6-15-27-28-25(39)31(15)29-16/h2-4,6-7,9,14,18,20,23,34H,5,8,10H2,1H3,(H,26,35)(H,28,39)(H,32,33)(H,37,38)/t14?,18?,20-,23-/m1/s1. The zero-order chi connectivity index (χ0) is 30.1. The Morgan fingerprint density at radius 3 is 2.74 bits per heavy atom. The molecule has 2 amide bonds. The summed E-state index contributed by atoms with van der Waals surface area (Å²) in [6.07, 6.45) is -1.86. The van der Waals surface area contributed by atoms with Gasteiger partial charge in [-0.05, 0) is 41.8 Å². The first-order chi connectivity index (χ1) is 20.1. The molecule has 1 fully saturated rings. The van der Waals surface area contributed by atoms with Gasteiger partial charge in [-0.25, -0.2) is 14.7 Å². The number of nitrogens with zero attached hydrogens (tertiary/aromatic N) is 4. The van der Waals surface area contributed by atoms with Crippen molar-refractivity contribution in [1.29, 1.82) is 0 Å². The Morgan fingerprint density at radius 1 is 1.24 bits per heavy atom. The largest absolute Gasteiger partial charge is 0.497 e. The van der Waals surface area contributed by atoms with Crippen molar-refractivity contribution in [2.24, 2.45) is 0 Å². The number of benzene rings is 1. The maximum absolute atomic E-state index is 13.2. The predicted octanol–water partition coefficient (Wildman–Crippen LogP) is 0.224. The fourth-order valence-corrected chi connectivity index (χ4v) is 7.31. The number of β-lactam (4-membered cyclic amide) rings is 1. The highest BCUT2D eigenvalue weighted by molar-refractivity contribution is 8.01. The number of carboxylic acids is 2. The number of rotatable bonds is 11. The fourth-order valence-electron chi connectivity index (χ4n) is 4.64. The Kier molecular flexibility index (Phi) is 8.24. The highest BCUT2D eigenvalue weighted by Gasteiger charge is 2.55. The highest BCUT2D eigenvalue weighted by atomic mass is 32.2. The molecular weight excluding hydrogens is 592 g/mol. The molecule has 0 bridgehead atoms. The van der Waals surface area contributed by atoms with Crippen LogP contribution in [0.1, 0.15) is 24.5 Å². The molecule has 0 saturated carbocycles. The fraction of sp³-hybridized carbons (Fsp3) is 0.320. The van der Waals surface area contributed by atoms with E-state index in [0.717, 1.165) is 21.2 Å². The van der Waals surface area contributed by atoms with Crippen molar-refractivity contribution in [3.8, 4) is 5.75 Å². The molecule has 1 saturated heterocycles. The monoisotopic (exact) mass is 616 g/mol. The van der Waals surface area contributed by atoms with E-state index in [-0.39, 0.29) is 35.5 Å². The van der Waals surface area contributed by atoms with Gasteiger partial charge in [0.15, 0.2) is 11.8 Å². The van der Waals surface area contributed by atoms with Crippen molar-refractivity contribution in [2.75, 3.05) is 12.9 Å². The molecule has 4 heterocycles. The summed E-state index contributed by atoms with van der Waals surface area (Å²) in [5.74, 6) is -3.45. The van der Waals surface area contributed by atoms with Gasteiger partial charge in [0, 0.05) is 17.4 Å². The Hall–Kier alpha value is -4.35. The van der Waals surface area contributed by atoms with E-state index in [0.29, 0.717) is 16.3 Å². The first-order valence-corrected chi connectivity index (χ1v) is 14.4. The van der Waals surface area contributed by atoms with Crippen molar-refractivity contribution < 1.29 is 39.2 Å². The van der Waals surface area contributed by atoms with Gasteiger partial charge in [-0.1, -0.05) is 23.9 Å². The van der Waals surface area contributed by atoms with Gasteiger partial charge in [-0.2, -0.15) is 14.7 Å². The minimum absolute atomic E-state index is 0.0201. The number of carbonyl (C=O) groups is 4. The van der Waals surface area contributed by atoms with Gasteiger partial charge in [0.25, 0.3) is 11.8 Å². The van der Waals surface area contributed by atoms with Crippen LogP contribution < -0.4 is 15.7 Å². The van der Waals surface area contributed by atoms with Crippen LogP contribution in [0.15, 0.2) is 57.5 Å². The highest BCUT2D eigenvalue weighted by Crippen LogP contribution is 2.44. The molecule has 2 aliphatic heterocycles. The van der Waals surface area contributed by atoms with Gasteiger partial charge in [-0.15, -0.1) is 11.8 Å². The van der Waals surface area contributed by atoms with Gasteiger partial charge < -0.3 is 25.4 Å². The number of aliphatic carboxylic acids is 2. The normalized spacial score (nSPS) is 19.6. The van der Waals surface area contributed by atoms with Gasteiger partial charge >= 0.3 is 17.6 Å². The molecule has 5 rings (SSSR count). The van der Waals surface area contributed by atoms with E-state index in [2.05, 4.69) is 20.6 Å². The lowest BCUT2D eigenvalue weighted by atomic mass is 9.99. The Bertz CT molecular complexity index is 1670. The molecule has 17 heteroatoms. The number of carboxylic acid groups (broad SMARTS) is 2. The number of methoxy groups -OCH3 is 1. The second-order valence-corrected chi connectivity index (χ2v) is 11.6. The Morgan fingerprint density at radius 2 is 2.02 bits per heavy atom. The molecule has 3 aromatic rings. The van der Waals surface area contributed by atoms with Crippen molar-refractivity contribution in [3.05, 3.63) is 63.7 Å². The summed E-state index contributed by atoms with van der Waals surface area (Å²) in [6.45, 7) is 0. The number of aliphatic hydroxyl groups excluding tert-OH is 1. The summed E-state index contributed by atoms with van der Waals surface area (Å²) in [4.78, 5) is 62.9. The smallest absolute Gasteiger partial charge is 0.364 e. The zero-order valence-corrected chi connectivity index (χ0v) is 23.4. The lowest BCUT2D eigenvalue weighted by Gasteiger charge is -2.50. The molecule has 2 aromatic heterocycles. The number of aromatic nitrogens is 4. The van der Waals surface area contributed by atoms with Gasteiger partial charge in [0.05, 0.1) is 7.11 Å². The van der Waals surface area contributed by atoms with Crippen molar-refractivity contribution in [2.45, 2.75) is 40.6 Å². The van der Waals surface area contributed by atoms with E-state index in [1.807, 2.05) is 0 Å². The third-order valence-electron chi connectivity index (χ3n) is 6.68. The number of aromatic amines is 1. The summed E-state index contributed by atoms with van der Waals surface area (Å²) < 4.78 is 6.14. The van der Waals surface area contributed by atoms with E-state index >= 15 is 0 Å². The number of H-pyrrole nitrogens is 1. The van der Waals surface area contributed by atoms with Crippen LogP contribution in [0.25, 0.3) is 5.65 Å². The third kappa shape index (κ3) is 5.57. The number of ether oxygens (including phenoxy) is 1. The van der Waals surface area contributed by atoms with Crippen LogP contribution in [-0.2, 0) is 19.2 Å². The van der Waals surface area contributed by atoms with Crippen molar-refractivity contribution in [1.82, 2.24) is 30.0 Å². The second kappa shape index (κ2) is 11.9. The van der Waals surface area contributed by atoms with Gasteiger partial charge in [0.1, 0.15) is 27.9 Å². The third-order valence-corrected chi connectivity index (χ3v) is 9.24. The predicted molar refractivity (Wildman–Crippen MR) is 148 cm³/mol. The topological polar surface area (TPSA) is 217 Å². The van der Waals surface area contributed by atoms with Crippen LogP contribution >= 0.6 is 23.5 Å². The lowest BCUT2D eigenvalue weighted by molar-refractivity contribution is -0.151. The molecule has 4 atom stereocenters. The molecule has 1 aromatic carbocycles. The summed E-state index contributed by atoms with van der Waals surface area (Å²) in [5, 5.41) is 41.7. The SMILES string of the molecule is COc1cccc([C@@H](O)C(=O)NC2C(=O)N3C(C(=O)O)=C(C(CCC(=O)O)Sc4ccc5n[nH]c(=O)n5n4)CS[C@H]23)c1. The molecule has 0 spiro atoms. The van der Waals surface area contributed by atoms with E-state index in [9.17, 15) is 39.3 Å². The summed E-state index contributed by atoms with van der Waals surface area (Å²) in [5.41, 5.74) is -0.0449. The number of amides is 2. The quantitative estimate of drug-likeness (QED) is 0.144. The molecule has 2 aliphatic rings. The minimum atomic E-state index is -1.59. The number of thioether (sulfide) groups is 2. The molecule has 220 valence electrons. The zero-order valence-electron chi connectivity index (χ0n) is 21.8. The maximum Gasteiger partial charge on any atom is 0.364 e. The maximum atomic E-state index is 13.2. The molecule has 0 radical (unpaired) electrons. The van der Waals surface area contributed by atoms with Crippen molar-refractivity contribution in [3.63, 3.8) is 0 Å². The number of aliphatic hydroxyl groups is 1. The lowest BCUT2D eigenvalue weighted by Crippen LogP contribution is -2.71. The molecule has 0 aliphatic carbocycles. The number of hydrogen-bond acceptors (Lipinski definition) is 11.